The summed E-state index contributed by atoms with van der Waals surface area (Å²) in [6.07, 6.45) is 8.89. The molecule has 3 aromatic carbocycles. The van der Waals surface area contributed by atoms with E-state index < -0.39 is 7.92 Å². The van der Waals surface area contributed by atoms with Gasteiger partial charge in [-0.2, -0.15) is 0 Å². The number of hydrogen-bond acceptors (Lipinski definition) is 0. The summed E-state index contributed by atoms with van der Waals surface area (Å²) in [5.41, 5.74) is 0. The first-order valence-electron chi connectivity index (χ1n) is 8.34. The van der Waals surface area contributed by atoms with E-state index in [4.69, 9.17) is 6.42 Å². The molecule has 0 atom stereocenters. The second kappa shape index (κ2) is 10.4. The molecule has 3 aromatic rings. The molecule has 4 rings (SSSR count). The van der Waals surface area contributed by atoms with Crippen molar-refractivity contribution < 1.29 is 22.4 Å². The standard InChI is InChI=1S/C18H15P.C5H5.Au/c1-4-10-16(11-5-1)19(17-12-6-2-7-13-17)18-14-8-3-9-15-18;1-2-5-3-4-5;/h1-15H;5H,3-4H2;/q;-1;+1/p+1. The fourth-order valence-electron chi connectivity index (χ4n) is 2.54. The topological polar surface area (TPSA) is 0 Å². The summed E-state index contributed by atoms with van der Waals surface area (Å²) in [5, 5.41) is 4.31. The van der Waals surface area contributed by atoms with Crippen LogP contribution in [0.1, 0.15) is 12.8 Å². The number of rotatable bonds is 3. The molecule has 1 aliphatic carbocycles. The van der Waals surface area contributed by atoms with Crippen molar-refractivity contribution in [1.82, 2.24) is 0 Å². The predicted molar refractivity (Wildman–Crippen MR) is 106 cm³/mol. The first kappa shape index (κ1) is 19.7. The van der Waals surface area contributed by atoms with Crippen molar-refractivity contribution in [2.45, 2.75) is 12.8 Å². The molecule has 0 saturated heterocycles. The summed E-state index contributed by atoms with van der Waals surface area (Å²) in [5.74, 6) is 2.94. The maximum Gasteiger partial charge on any atom is 1.00 e. The minimum Gasteiger partial charge on any atom is -0.693 e. The SMILES string of the molecule is [Au+].[C-]#CC1CC1.c1ccc([PH+](c2ccccc2)c2ccccc2)cc1. The van der Waals surface area contributed by atoms with E-state index in [1.54, 1.807) is 0 Å². The number of hydrogen-bond donors (Lipinski definition) is 0. The monoisotopic (exact) mass is 525 g/mol. The van der Waals surface area contributed by atoms with E-state index in [9.17, 15) is 0 Å². The van der Waals surface area contributed by atoms with Crippen molar-refractivity contribution >= 4 is 23.8 Å². The normalized spacial score (nSPS) is 12.3. The van der Waals surface area contributed by atoms with Crippen molar-refractivity contribution in [3.63, 3.8) is 0 Å². The summed E-state index contributed by atoms with van der Waals surface area (Å²) in [4.78, 5) is 0. The van der Waals surface area contributed by atoms with Crippen molar-refractivity contribution in [1.29, 1.82) is 0 Å². The Labute approximate surface area is 168 Å². The summed E-state index contributed by atoms with van der Waals surface area (Å²) < 4.78 is 0. The summed E-state index contributed by atoms with van der Waals surface area (Å²) >= 11 is 0. The average molecular weight is 525 g/mol. The fourth-order valence-corrected chi connectivity index (χ4v) is 5.12. The molecule has 0 aromatic heterocycles. The molecule has 0 spiro atoms. The minimum absolute atomic E-state index is 0. The summed E-state index contributed by atoms with van der Waals surface area (Å²) in [6.45, 7) is 0. The van der Waals surface area contributed by atoms with E-state index in [-0.39, 0.29) is 22.4 Å². The maximum atomic E-state index is 6.47. The van der Waals surface area contributed by atoms with Crippen LogP contribution in [-0.2, 0) is 22.4 Å². The van der Waals surface area contributed by atoms with E-state index in [2.05, 4.69) is 96.9 Å². The van der Waals surface area contributed by atoms with Gasteiger partial charge in [-0.15, -0.1) is 0 Å². The summed E-state index contributed by atoms with van der Waals surface area (Å²) in [7, 11) is -0.877. The van der Waals surface area contributed by atoms with Crippen molar-refractivity contribution in [2.24, 2.45) is 5.92 Å². The largest absolute Gasteiger partial charge is 1.00 e. The van der Waals surface area contributed by atoms with Crippen molar-refractivity contribution in [3.8, 4) is 5.92 Å². The van der Waals surface area contributed by atoms with Crippen LogP contribution in [0.15, 0.2) is 91.0 Å². The second-order valence-corrected chi connectivity index (χ2v) is 8.37. The van der Waals surface area contributed by atoms with Crippen LogP contribution in [0, 0.1) is 18.3 Å². The quantitative estimate of drug-likeness (QED) is 0.209. The van der Waals surface area contributed by atoms with Gasteiger partial charge >= 0.3 is 22.4 Å². The van der Waals surface area contributed by atoms with Gasteiger partial charge in [-0.3, -0.25) is 0 Å². The molecule has 1 aliphatic rings. The van der Waals surface area contributed by atoms with Gasteiger partial charge in [0.05, 0.1) is 7.92 Å². The third-order valence-corrected chi connectivity index (χ3v) is 6.70. The van der Waals surface area contributed by atoms with Crippen LogP contribution < -0.4 is 15.9 Å². The average Bonchev–Trinajstić information content (AvgIpc) is 3.50. The first-order chi connectivity index (χ1) is 11.9. The van der Waals surface area contributed by atoms with E-state index >= 15 is 0 Å². The van der Waals surface area contributed by atoms with Gasteiger partial charge in [0.1, 0.15) is 15.9 Å². The molecule has 1 saturated carbocycles. The molecule has 0 bridgehead atoms. The van der Waals surface area contributed by atoms with E-state index in [0.29, 0.717) is 5.92 Å². The molecular formula is C23H21AuP+. The van der Waals surface area contributed by atoms with Crippen molar-refractivity contribution in [2.75, 3.05) is 0 Å². The van der Waals surface area contributed by atoms with Gasteiger partial charge < -0.3 is 12.3 Å². The Hall–Kier alpha value is -1.61. The Kier molecular flexibility index (Phi) is 8.20. The minimum atomic E-state index is -0.877. The van der Waals surface area contributed by atoms with Gasteiger partial charge in [0.2, 0.25) is 0 Å². The molecule has 0 heterocycles. The molecule has 0 aliphatic heterocycles. The van der Waals surface area contributed by atoms with E-state index in [1.807, 2.05) is 0 Å². The molecule has 25 heavy (non-hydrogen) atoms. The Morgan fingerprint density at radius 2 is 0.960 bits per heavy atom. The Balaban J connectivity index is 0.000000325. The molecule has 1 fully saturated rings. The fraction of sp³-hybridized carbons (Fsp3) is 0.130. The third kappa shape index (κ3) is 6.00. The van der Waals surface area contributed by atoms with Crippen LogP contribution in [-0.4, -0.2) is 0 Å². The van der Waals surface area contributed by atoms with Crippen LogP contribution >= 0.6 is 7.92 Å². The Morgan fingerprint density at radius 1 is 0.640 bits per heavy atom. The van der Waals surface area contributed by atoms with Gasteiger partial charge in [-0.05, 0) is 55.2 Å². The van der Waals surface area contributed by atoms with Crippen LogP contribution in [0.2, 0.25) is 0 Å². The van der Waals surface area contributed by atoms with Crippen LogP contribution in [0.4, 0.5) is 0 Å². The maximum absolute atomic E-state index is 6.47. The Bertz CT molecular complexity index is 681. The Morgan fingerprint density at radius 3 is 1.16 bits per heavy atom. The van der Waals surface area contributed by atoms with Gasteiger partial charge in [0, 0.05) is 0 Å². The smallest absolute Gasteiger partial charge is 0.693 e. The van der Waals surface area contributed by atoms with Crippen molar-refractivity contribution in [3.05, 3.63) is 97.4 Å². The van der Waals surface area contributed by atoms with Crippen LogP contribution in [0.5, 0.6) is 0 Å². The van der Waals surface area contributed by atoms with Gasteiger partial charge in [-0.25, -0.2) is 0 Å². The molecule has 0 amide bonds. The van der Waals surface area contributed by atoms with Crippen LogP contribution in [0.3, 0.4) is 0 Å². The molecule has 0 radical (unpaired) electrons. The van der Waals surface area contributed by atoms with Gasteiger partial charge in [0.15, 0.2) is 0 Å². The van der Waals surface area contributed by atoms with E-state index in [1.165, 1.54) is 28.8 Å². The second-order valence-electron chi connectivity index (χ2n) is 5.89. The molecule has 0 nitrogen and oxygen atoms in total. The zero-order valence-electron chi connectivity index (χ0n) is 14.0. The predicted octanol–water partition coefficient (Wildman–Crippen LogP) is 4.16. The van der Waals surface area contributed by atoms with Gasteiger partial charge in [0.25, 0.3) is 0 Å². The third-order valence-electron chi connectivity index (χ3n) is 3.97. The van der Waals surface area contributed by atoms with Crippen LogP contribution in [0.25, 0.3) is 0 Å². The first-order valence-corrected chi connectivity index (χ1v) is 9.84. The molecule has 0 unspecified atom stereocenters. The van der Waals surface area contributed by atoms with E-state index in [0.717, 1.165) is 0 Å². The molecular weight excluding hydrogens is 504 g/mol. The molecule has 128 valence electrons. The zero-order chi connectivity index (χ0) is 16.6. The zero-order valence-corrected chi connectivity index (χ0v) is 17.1. The number of benzene rings is 3. The molecule has 2 heteroatoms. The van der Waals surface area contributed by atoms with Gasteiger partial charge in [-0.1, -0.05) is 54.6 Å². The molecule has 0 N–H and O–H groups in total. The summed E-state index contributed by atoms with van der Waals surface area (Å²) in [6, 6.07) is 32.5.